The Hall–Kier alpha value is -2.68. The van der Waals surface area contributed by atoms with E-state index in [2.05, 4.69) is 10.6 Å². The first-order valence-corrected chi connectivity index (χ1v) is 12.1. The third kappa shape index (κ3) is 4.55. The van der Waals surface area contributed by atoms with Crippen LogP contribution < -0.4 is 16.4 Å². The van der Waals surface area contributed by atoms with Gasteiger partial charge in [0.25, 0.3) is 0 Å². The van der Waals surface area contributed by atoms with Gasteiger partial charge < -0.3 is 14.6 Å². The zero-order valence-corrected chi connectivity index (χ0v) is 18.7. The number of halogens is 1. The fourth-order valence-electron chi connectivity index (χ4n) is 5.72. The molecule has 33 heavy (non-hydrogen) atoms. The highest BCUT2D eigenvalue weighted by atomic mass is 19.1. The molecule has 3 aliphatic rings. The molecule has 0 bridgehead atoms. The monoisotopic (exact) mass is 458 g/mol. The Morgan fingerprint density at radius 2 is 1.91 bits per heavy atom. The number of hydrogen-bond donors (Lipinski definition) is 2. The van der Waals surface area contributed by atoms with Crippen LogP contribution in [-0.2, 0) is 9.59 Å². The van der Waals surface area contributed by atoms with E-state index in [4.69, 9.17) is 4.42 Å². The Morgan fingerprint density at radius 3 is 2.73 bits per heavy atom. The van der Waals surface area contributed by atoms with Crippen LogP contribution in [0.25, 0.3) is 11.1 Å². The smallest absolute Gasteiger partial charge is 0.408 e. The molecule has 3 fully saturated rings. The third-order valence-electron chi connectivity index (χ3n) is 7.48. The molecule has 0 radical (unpaired) electrons. The minimum atomic E-state index is -0.484. The van der Waals surface area contributed by atoms with Crippen molar-refractivity contribution in [2.45, 2.75) is 76.0 Å². The van der Waals surface area contributed by atoms with Crippen molar-refractivity contribution in [1.82, 2.24) is 20.1 Å². The maximum atomic E-state index is 13.4. The summed E-state index contributed by atoms with van der Waals surface area (Å²) in [6.45, 7) is 1.15. The van der Waals surface area contributed by atoms with Crippen LogP contribution in [0, 0.1) is 11.7 Å². The predicted molar refractivity (Wildman–Crippen MR) is 120 cm³/mol. The van der Waals surface area contributed by atoms with Gasteiger partial charge in [0.05, 0.1) is 17.6 Å². The van der Waals surface area contributed by atoms with E-state index in [1.54, 1.807) is 10.6 Å². The molecule has 2 amide bonds. The third-order valence-corrected chi connectivity index (χ3v) is 7.48. The summed E-state index contributed by atoms with van der Waals surface area (Å²) in [6, 6.07) is 4.32. The highest BCUT2D eigenvalue weighted by Gasteiger charge is 2.37. The van der Waals surface area contributed by atoms with Gasteiger partial charge >= 0.3 is 5.76 Å². The van der Waals surface area contributed by atoms with Gasteiger partial charge in [-0.25, -0.2) is 9.18 Å². The van der Waals surface area contributed by atoms with E-state index in [-0.39, 0.29) is 41.6 Å². The second-order valence-electron chi connectivity index (χ2n) is 9.58. The lowest BCUT2D eigenvalue weighted by molar-refractivity contribution is -0.132. The number of nitrogens with zero attached hydrogens (tertiary/aromatic N) is 2. The van der Waals surface area contributed by atoms with E-state index >= 15 is 0 Å². The summed E-state index contributed by atoms with van der Waals surface area (Å²) >= 11 is 0. The molecule has 0 spiro atoms. The second-order valence-corrected chi connectivity index (χ2v) is 9.58. The Bertz CT molecular complexity index is 1090. The van der Waals surface area contributed by atoms with Gasteiger partial charge in [0.15, 0.2) is 5.58 Å². The van der Waals surface area contributed by atoms with E-state index in [9.17, 15) is 18.8 Å². The molecule has 3 atom stereocenters. The van der Waals surface area contributed by atoms with Crippen LogP contribution in [0.3, 0.4) is 0 Å². The number of likely N-dealkylation sites (tertiary alicyclic amines) is 1. The standard InChI is InChI=1S/C24H31FN4O4/c25-15-8-9-19-20(14-15)33-24(32)29(19)16-10-12-28(13-11-16)22(30)7-3-6-21-26-18-5-2-1-4-17(18)23(31)27-21/h8-9,14,16-18,21,26H,1-7,10-13H2,(H,27,31). The Balaban J connectivity index is 1.10. The highest BCUT2D eigenvalue weighted by Crippen LogP contribution is 2.28. The fraction of sp³-hybridized carbons (Fsp3) is 0.625. The van der Waals surface area contributed by atoms with Crippen LogP contribution in [0.5, 0.6) is 0 Å². The SMILES string of the molecule is O=C1NC(CCCC(=O)N2CCC(n3c(=O)oc4cc(F)ccc43)CC2)NC2CCCCC12. The molecule has 1 aliphatic carbocycles. The predicted octanol–water partition coefficient (Wildman–Crippen LogP) is 2.67. The molecular formula is C24H31FN4O4. The van der Waals surface area contributed by atoms with E-state index in [1.807, 2.05) is 4.90 Å². The van der Waals surface area contributed by atoms with Crippen molar-refractivity contribution in [3.8, 4) is 0 Å². The first kappa shape index (κ1) is 22.1. The summed E-state index contributed by atoms with van der Waals surface area (Å²) in [5, 5.41) is 6.64. The number of rotatable bonds is 5. The number of oxazole rings is 1. The van der Waals surface area contributed by atoms with Crippen molar-refractivity contribution in [2.24, 2.45) is 5.92 Å². The zero-order valence-electron chi connectivity index (χ0n) is 18.7. The number of carbonyl (C=O) groups excluding carboxylic acids is 2. The van der Waals surface area contributed by atoms with Crippen LogP contribution in [0.4, 0.5) is 4.39 Å². The average molecular weight is 459 g/mol. The largest absolute Gasteiger partial charge is 0.420 e. The zero-order chi connectivity index (χ0) is 22.9. The number of fused-ring (bicyclic) bond motifs is 2. The highest BCUT2D eigenvalue weighted by molar-refractivity contribution is 5.80. The van der Waals surface area contributed by atoms with Gasteiger partial charge in [-0.05, 0) is 50.7 Å². The van der Waals surface area contributed by atoms with Crippen LogP contribution >= 0.6 is 0 Å². The maximum Gasteiger partial charge on any atom is 0.420 e. The van der Waals surface area contributed by atoms with Crippen molar-refractivity contribution < 1.29 is 18.4 Å². The van der Waals surface area contributed by atoms with Crippen molar-refractivity contribution in [2.75, 3.05) is 13.1 Å². The van der Waals surface area contributed by atoms with Crippen molar-refractivity contribution in [1.29, 1.82) is 0 Å². The first-order chi connectivity index (χ1) is 16.0. The Labute approximate surface area is 191 Å². The van der Waals surface area contributed by atoms with Crippen molar-refractivity contribution in [3.05, 3.63) is 34.6 Å². The summed E-state index contributed by atoms with van der Waals surface area (Å²) in [6.07, 6.45) is 7.45. The molecule has 1 aromatic heterocycles. The van der Waals surface area contributed by atoms with Gasteiger partial charge in [-0.3, -0.25) is 19.5 Å². The maximum absolute atomic E-state index is 13.4. The van der Waals surface area contributed by atoms with Crippen LogP contribution in [0.1, 0.15) is 63.8 Å². The summed E-state index contributed by atoms with van der Waals surface area (Å²) in [4.78, 5) is 39.3. The van der Waals surface area contributed by atoms with E-state index in [0.717, 1.165) is 25.7 Å². The molecule has 8 nitrogen and oxygen atoms in total. The lowest BCUT2D eigenvalue weighted by atomic mass is 9.82. The molecule has 9 heteroatoms. The Morgan fingerprint density at radius 1 is 1.12 bits per heavy atom. The summed E-state index contributed by atoms with van der Waals surface area (Å²) in [7, 11) is 0. The number of carbonyl (C=O) groups is 2. The van der Waals surface area contributed by atoms with Crippen LogP contribution in [0.2, 0.25) is 0 Å². The molecule has 178 valence electrons. The molecule has 5 rings (SSSR count). The van der Waals surface area contributed by atoms with E-state index in [1.165, 1.54) is 18.6 Å². The Kier molecular flexibility index (Phi) is 6.23. The number of amides is 2. The van der Waals surface area contributed by atoms with Crippen molar-refractivity contribution in [3.63, 3.8) is 0 Å². The number of benzene rings is 1. The minimum Gasteiger partial charge on any atom is -0.408 e. The van der Waals surface area contributed by atoms with Gasteiger partial charge in [-0.2, -0.15) is 0 Å². The molecule has 1 aromatic carbocycles. The van der Waals surface area contributed by atoms with Crippen LogP contribution in [-0.4, -0.2) is 46.6 Å². The van der Waals surface area contributed by atoms with Gasteiger partial charge in [0.1, 0.15) is 5.82 Å². The normalized spacial score (nSPS) is 26.3. The minimum absolute atomic E-state index is 0.0542. The van der Waals surface area contributed by atoms with Gasteiger partial charge in [0.2, 0.25) is 11.8 Å². The van der Waals surface area contributed by atoms with Gasteiger partial charge in [-0.15, -0.1) is 0 Å². The quantitative estimate of drug-likeness (QED) is 0.718. The lowest BCUT2D eigenvalue weighted by Gasteiger charge is -2.40. The van der Waals surface area contributed by atoms with Crippen LogP contribution in [0.15, 0.2) is 27.4 Å². The molecule has 2 N–H and O–H groups in total. The molecule has 3 heterocycles. The average Bonchev–Trinajstić information content (AvgIpc) is 3.14. The summed E-state index contributed by atoms with van der Waals surface area (Å²) in [5.74, 6) is -0.566. The van der Waals surface area contributed by atoms with Gasteiger partial charge in [-0.1, -0.05) is 12.8 Å². The topological polar surface area (TPSA) is 96.6 Å². The van der Waals surface area contributed by atoms with E-state index < -0.39 is 11.6 Å². The number of hydrogen-bond acceptors (Lipinski definition) is 5. The number of nitrogens with one attached hydrogen (secondary N) is 2. The number of aromatic nitrogens is 1. The lowest BCUT2D eigenvalue weighted by Crippen LogP contribution is -2.62. The molecule has 2 saturated heterocycles. The fourth-order valence-corrected chi connectivity index (χ4v) is 5.72. The molecule has 3 unspecified atom stereocenters. The summed E-state index contributed by atoms with van der Waals surface area (Å²) in [5.41, 5.74) is 0.842. The number of piperidine rings is 1. The molecule has 2 aromatic rings. The molecule has 2 aliphatic heterocycles. The summed E-state index contributed by atoms with van der Waals surface area (Å²) < 4.78 is 20.2. The first-order valence-electron chi connectivity index (χ1n) is 12.1. The molecule has 1 saturated carbocycles. The van der Waals surface area contributed by atoms with Gasteiger partial charge in [0, 0.05) is 37.7 Å². The van der Waals surface area contributed by atoms with E-state index in [0.29, 0.717) is 44.3 Å². The molecular weight excluding hydrogens is 427 g/mol. The van der Waals surface area contributed by atoms with Crippen molar-refractivity contribution >= 4 is 22.9 Å². The second kappa shape index (κ2) is 9.29.